The largest absolute Gasteiger partial charge is 0.483 e. The molecule has 0 spiro atoms. The number of carbonyl (C=O) groups is 3. The molecule has 1 atom stereocenters. The minimum absolute atomic E-state index is 0.00865. The van der Waals surface area contributed by atoms with Crippen LogP contribution in [0.1, 0.15) is 56.9 Å². The number of benzene rings is 1. The Balaban J connectivity index is 1.71. The van der Waals surface area contributed by atoms with Crippen molar-refractivity contribution in [1.29, 1.82) is 0 Å². The lowest BCUT2D eigenvalue weighted by atomic mass is 10.1. The molecule has 3 aromatic rings. The molecule has 0 saturated heterocycles. The third kappa shape index (κ3) is 6.01. The number of ether oxygens (including phenoxy) is 2. The van der Waals surface area contributed by atoms with Crippen LogP contribution in [0, 0.1) is 13.8 Å². The van der Waals surface area contributed by atoms with Crippen LogP contribution in [-0.4, -0.2) is 45.4 Å². The number of thiophene rings is 1. The van der Waals surface area contributed by atoms with E-state index in [0.717, 1.165) is 22.6 Å². The summed E-state index contributed by atoms with van der Waals surface area (Å²) in [6.07, 6.45) is -0.351. The van der Waals surface area contributed by atoms with Crippen molar-refractivity contribution in [3.63, 3.8) is 0 Å². The maximum Gasteiger partial charge on any atom is 0.341 e. The minimum Gasteiger partial charge on any atom is -0.483 e. The van der Waals surface area contributed by atoms with Gasteiger partial charge in [0, 0.05) is 6.54 Å². The van der Waals surface area contributed by atoms with Crippen molar-refractivity contribution >= 4 is 45.9 Å². The van der Waals surface area contributed by atoms with Gasteiger partial charge in [0.2, 0.25) is 5.91 Å². The normalized spacial score (nSPS) is 11.7. The first-order valence-corrected chi connectivity index (χ1v) is 12.6. The number of aromatic nitrogens is 3. The van der Waals surface area contributed by atoms with Crippen molar-refractivity contribution < 1.29 is 23.9 Å². The number of amides is 2. The molecule has 10 nitrogen and oxygen atoms in total. The Bertz CT molecular complexity index is 1250. The number of methoxy groups -OCH3 is 1. The first kappa shape index (κ1) is 26.2. The monoisotopic (exact) mass is 517 g/mol. The zero-order chi connectivity index (χ0) is 25.7. The predicted molar refractivity (Wildman–Crippen MR) is 134 cm³/mol. The molecule has 2 aromatic heterocycles. The summed E-state index contributed by atoms with van der Waals surface area (Å²) < 4.78 is 12.7. The van der Waals surface area contributed by atoms with Gasteiger partial charge in [-0.15, -0.1) is 21.5 Å². The Morgan fingerprint density at radius 3 is 2.63 bits per heavy atom. The van der Waals surface area contributed by atoms with E-state index in [9.17, 15) is 14.4 Å². The Hall–Kier alpha value is -3.38. The molecular formula is C23H27N5O5S2. The van der Waals surface area contributed by atoms with E-state index in [-0.39, 0.29) is 33.2 Å². The number of carbonyl (C=O) groups excluding carboxylic acids is 3. The number of hydrogen-bond donors (Lipinski definition) is 2. The summed E-state index contributed by atoms with van der Waals surface area (Å²) in [6, 6.07) is 7.75. The Morgan fingerprint density at radius 1 is 1.26 bits per heavy atom. The van der Waals surface area contributed by atoms with Gasteiger partial charge in [-0.25, -0.2) is 4.79 Å². The van der Waals surface area contributed by atoms with Gasteiger partial charge in [0.05, 0.1) is 23.3 Å². The smallest absolute Gasteiger partial charge is 0.341 e. The van der Waals surface area contributed by atoms with Crippen molar-refractivity contribution in [3.05, 3.63) is 51.7 Å². The quantitative estimate of drug-likeness (QED) is 0.306. The number of esters is 1. The minimum atomic E-state index is -0.682. The van der Waals surface area contributed by atoms with Crippen LogP contribution in [0.4, 0.5) is 5.00 Å². The van der Waals surface area contributed by atoms with Crippen LogP contribution in [0.2, 0.25) is 0 Å². The van der Waals surface area contributed by atoms with E-state index < -0.39 is 11.9 Å². The number of rotatable bonds is 10. The van der Waals surface area contributed by atoms with E-state index in [0.29, 0.717) is 23.1 Å². The van der Waals surface area contributed by atoms with Gasteiger partial charge in [0.15, 0.2) is 17.1 Å². The van der Waals surface area contributed by atoms with Crippen LogP contribution in [0.15, 0.2) is 29.4 Å². The highest BCUT2D eigenvalue weighted by molar-refractivity contribution is 7.99. The highest BCUT2D eigenvalue weighted by Gasteiger charge is 2.26. The van der Waals surface area contributed by atoms with Crippen LogP contribution in [-0.2, 0) is 16.1 Å². The molecule has 0 bridgehead atoms. The first-order chi connectivity index (χ1) is 16.7. The molecule has 35 heavy (non-hydrogen) atoms. The molecule has 1 aromatic carbocycles. The lowest BCUT2D eigenvalue weighted by Crippen LogP contribution is -2.17. The van der Waals surface area contributed by atoms with Gasteiger partial charge in [0.1, 0.15) is 10.8 Å². The molecule has 0 fully saturated rings. The van der Waals surface area contributed by atoms with Gasteiger partial charge in [-0.05, 0) is 51.0 Å². The molecule has 186 valence electrons. The lowest BCUT2D eigenvalue weighted by Gasteiger charge is -2.16. The Kier molecular flexibility index (Phi) is 8.52. The highest BCUT2D eigenvalue weighted by atomic mass is 32.2. The molecule has 1 unspecified atom stereocenters. The molecule has 2 heterocycles. The predicted octanol–water partition coefficient (Wildman–Crippen LogP) is 3.73. The average Bonchev–Trinajstić information content (AvgIpc) is 3.37. The van der Waals surface area contributed by atoms with Gasteiger partial charge in [-0.2, -0.15) is 0 Å². The van der Waals surface area contributed by atoms with E-state index in [1.165, 1.54) is 18.9 Å². The first-order valence-electron chi connectivity index (χ1n) is 10.8. The lowest BCUT2D eigenvalue weighted by molar-refractivity contribution is -0.113. The third-order valence-corrected chi connectivity index (χ3v) is 7.26. The van der Waals surface area contributed by atoms with Gasteiger partial charge >= 0.3 is 5.97 Å². The third-order valence-electron chi connectivity index (χ3n) is 5.07. The van der Waals surface area contributed by atoms with Gasteiger partial charge in [-0.1, -0.05) is 23.9 Å². The molecule has 0 aliphatic rings. The van der Waals surface area contributed by atoms with Crippen molar-refractivity contribution in [2.45, 2.75) is 45.5 Å². The summed E-state index contributed by atoms with van der Waals surface area (Å²) in [5, 5.41) is 12.0. The molecule has 0 saturated carbocycles. The van der Waals surface area contributed by atoms with Gasteiger partial charge in [-0.3, -0.25) is 9.59 Å². The van der Waals surface area contributed by atoms with E-state index in [2.05, 4.69) is 15.5 Å². The number of anilines is 1. The number of nitrogens with two attached hydrogens (primary N) is 1. The topological polar surface area (TPSA) is 138 Å². The molecule has 2 amide bonds. The molecule has 3 rings (SSSR count). The van der Waals surface area contributed by atoms with Gasteiger partial charge in [0.25, 0.3) is 5.91 Å². The van der Waals surface area contributed by atoms with Crippen molar-refractivity contribution in [3.8, 4) is 5.75 Å². The second-order valence-electron chi connectivity index (χ2n) is 7.61. The fraction of sp³-hybridized carbons (Fsp3) is 0.348. The molecule has 0 aliphatic heterocycles. The molecular weight excluding hydrogens is 490 g/mol. The fourth-order valence-corrected chi connectivity index (χ4v) is 5.30. The summed E-state index contributed by atoms with van der Waals surface area (Å²) in [5.41, 5.74) is 6.97. The SMILES string of the molecule is CCn1c(SCC(=O)Nc2sc(C(N)=O)c(C)c2C(=O)OC)nnc1C(C)Oc1cccc(C)c1. The Morgan fingerprint density at radius 2 is 2.00 bits per heavy atom. The number of aryl methyl sites for hydroxylation is 1. The Labute approximate surface area is 211 Å². The fourth-order valence-electron chi connectivity index (χ4n) is 3.43. The standard InChI is InChI=1S/C23H27N5O5S2/c1-6-28-20(14(4)33-15-9-7-8-12(2)10-15)26-27-23(28)34-11-16(29)25-21-17(22(31)32-5)13(3)18(35-21)19(24)30/h7-10,14H,6,11H2,1-5H3,(H2,24,30)(H,25,29). The molecule has 3 N–H and O–H groups in total. The summed E-state index contributed by atoms with van der Waals surface area (Å²) in [7, 11) is 1.23. The van der Waals surface area contributed by atoms with Crippen molar-refractivity contribution in [1.82, 2.24) is 14.8 Å². The summed E-state index contributed by atoms with van der Waals surface area (Å²) >= 11 is 2.14. The van der Waals surface area contributed by atoms with Crippen LogP contribution in [0.25, 0.3) is 0 Å². The summed E-state index contributed by atoms with van der Waals surface area (Å²) in [5.74, 6) is -0.335. The maximum absolute atomic E-state index is 12.7. The van der Waals surface area contributed by atoms with E-state index in [1.807, 2.05) is 49.6 Å². The van der Waals surface area contributed by atoms with E-state index in [1.54, 1.807) is 6.92 Å². The summed E-state index contributed by atoms with van der Waals surface area (Å²) in [6.45, 7) is 8.01. The average molecular weight is 518 g/mol. The second-order valence-corrected chi connectivity index (χ2v) is 9.58. The molecule has 0 aliphatic carbocycles. The number of primary amides is 1. The van der Waals surface area contributed by atoms with Crippen LogP contribution in [0.5, 0.6) is 5.75 Å². The second kappa shape index (κ2) is 11.4. The summed E-state index contributed by atoms with van der Waals surface area (Å²) in [4.78, 5) is 36.7. The highest BCUT2D eigenvalue weighted by Crippen LogP contribution is 2.34. The van der Waals surface area contributed by atoms with Crippen LogP contribution >= 0.6 is 23.1 Å². The van der Waals surface area contributed by atoms with Gasteiger partial charge < -0.3 is 25.1 Å². The maximum atomic E-state index is 12.7. The van der Waals surface area contributed by atoms with Crippen LogP contribution < -0.4 is 15.8 Å². The van der Waals surface area contributed by atoms with Crippen molar-refractivity contribution in [2.75, 3.05) is 18.2 Å². The van der Waals surface area contributed by atoms with Crippen molar-refractivity contribution in [2.24, 2.45) is 5.73 Å². The number of nitrogens with zero attached hydrogens (tertiary/aromatic N) is 3. The number of nitrogens with one attached hydrogen (secondary N) is 1. The molecule has 0 radical (unpaired) electrons. The molecule has 12 heteroatoms. The zero-order valence-corrected chi connectivity index (χ0v) is 21.7. The zero-order valence-electron chi connectivity index (χ0n) is 20.1. The van der Waals surface area contributed by atoms with E-state index in [4.69, 9.17) is 15.2 Å². The number of hydrogen-bond acceptors (Lipinski definition) is 9. The number of thioether (sulfide) groups is 1. The van der Waals surface area contributed by atoms with E-state index >= 15 is 0 Å². The van der Waals surface area contributed by atoms with Crippen LogP contribution in [0.3, 0.4) is 0 Å².